The van der Waals surface area contributed by atoms with Crippen molar-refractivity contribution in [2.45, 2.75) is 38.6 Å². The molecule has 178 valence electrons. The van der Waals surface area contributed by atoms with E-state index in [1.807, 2.05) is 37.3 Å². The van der Waals surface area contributed by atoms with Gasteiger partial charge in [-0.3, -0.25) is 15.1 Å². The van der Waals surface area contributed by atoms with Crippen molar-refractivity contribution in [1.82, 2.24) is 15.2 Å². The fourth-order valence-corrected chi connectivity index (χ4v) is 4.33. The number of amides is 2. The standard InChI is InChI=1S/C26H30N4O4/c1-18-8-9-23(27-17-18)21-12-16-34-24(21)25(31)28-20-10-14-30(15-11-20)13-4-6-19-5-2-3-7-22(19)29-26(32)33/h2-3,5,7-9,12,16-17,20,29H,4,6,10-11,13-15H2,1H3,(H,28,31)(H,32,33). The number of rotatable bonds is 8. The first-order chi connectivity index (χ1) is 16.5. The number of carbonyl (C=O) groups excluding carboxylic acids is 1. The zero-order valence-corrected chi connectivity index (χ0v) is 19.3. The molecule has 3 N–H and O–H groups in total. The van der Waals surface area contributed by atoms with Gasteiger partial charge in [-0.25, -0.2) is 4.79 Å². The molecule has 2 aromatic heterocycles. The molecule has 4 rings (SSSR count). The van der Waals surface area contributed by atoms with Gasteiger partial charge < -0.3 is 19.7 Å². The van der Waals surface area contributed by atoms with Gasteiger partial charge in [0.1, 0.15) is 0 Å². The Morgan fingerprint density at radius 1 is 1.15 bits per heavy atom. The van der Waals surface area contributed by atoms with Crippen molar-refractivity contribution in [3.63, 3.8) is 0 Å². The van der Waals surface area contributed by atoms with Crippen LogP contribution in [0.4, 0.5) is 10.5 Å². The summed E-state index contributed by atoms with van der Waals surface area (Å²) in [6, 6.07) is 13.2. The van der Waals surface area contributed by atoms with Crippen molar-refractivity contribution in [2.24, 2.45) is 0 Å². The number of furan rings is 1. The molecule has 1 aliphatic heterocycles. The Morgan fingerprint density at radius 3 is 2.68 bits per heavy atom. The summed E-state index contributed by atoms with van der Waals surface area (Å²) in [6.07, 6.45) is 5.76. The Morgan fingerprint density at radius 2 is 1.94 bits per heavy atom. The predicted octanol–water partition coefficient (Wildman–Crippen LogP) is 4.57. The number of aromatic nitrogens is 1. The van der Waals surface area contributed by atoms with E-state index in [0.29, 0.717) is 17.0 Å². The zero-order chi connectivity index (χ0) is 23.9. The fraction of sp³-hybridized carbons (Fsp3) is 0.346. The normalized spacial score (nSPS) is 14.6. The zero-order valence-electron chi connectivity index (χ0n) is 19.3. The van der Waals surface area contributed by atoms with Crippen LogP contribution in [0.2, 0.25) is 0 Å². The Kier molecular flexibility index (Phi) is 7.59. The van der Waals surface area contributed by atoms with E-state index in [-0.39, 0.29) is 11.9 Å². The van der Waals surface area contributed by atoms with E-state index in [1.165, 1.54) is 6.26 Å². The topological polar surface area (TPSA) is 108 Å². The van der Waals surface area contributed by atoms with Crippen LogP contribution in [0.5, 0.6) is 0 Å². The average Bonchev–Trinajstić information content (AvgIpc) is 3.32. The van der Waals surface area contributed by atoms with Gasteiger partial charge in [0.15, 0.2) is 0 Å². The molecule has 0 aliphatic carbocycles. The molecule has 0 radical (unpaired) electrons. The van der Waals surface area contributed by atoms with Gasteiger partial charge in [-0.05, 0) is 68.5 Å². The molecule has 8 nitrogen and oxygen atoms in total. The van der Waals surface area contributed by atoms with E-state index in [4.69, 9.17) is 9.52 Å². The molecule has 3 aromatic rings. The lowest BCUT2D eigenvalue weighted by Gasteiger charge is -2.32. The average molecular weight is 463 g/mol. The highest BCUT2D eigenvalue weighted by Crippen LogP contribution is 2.24. The van der Waals surface area contributed by atoms with Gasteiger partial charge in [0.25, 0.3) is 5.91 Å². The second-order valence-electron chi connectivity index (χ2n) is 8.66. The monoisotopic (exact) mass is 462 g/mol. The maximum Gasteiger partial charge on any atom is 0.409 e. The second kappa shape index (κ2) is 11.0. The van der Waals surface area contributed by atoms with Crippen molar-refractivity contribution >= 4 is 17.7 Å². The molecular weight excluding hydrogens is 432 g/mol. The first-order valence-corrected chi connectivity index (χ1v) is 11.6. The number of hydrogen-bond donors (Lipinski definition) is 3. The molecule has 2 amide bonds. The SMILES string of the molecule is Cc1ccc(-c2ccoc2C(=O)NC2CCN(CCCc3ccccc3NC(=O)O)CC2)nc1. The summed E-state index contributed by atoms with van der Waals surface area (Å²) in [6.45, 7) is 4.72. The van der Waals surface area contributed by atoms with Crippen molar-refractivity contribution < 1.29 is 19.1 Å². The van der Waals surface area contributed by atoms with Crippen LogP contribution in [-0.2, 0) is 6.42 Å². The van der Waals surface area contributed by atoms with Crippen LogP contribution >= 0.6 is 0 Å². The molecular formula is C26H30N4O4. The number of piperidine rings is 1. The fourth-order valence-electron chi connectivity index (χ4n) is 4.33. The lowest BCUT2D eigenvalue weighted by atomic mass is 10.0. The van der Waals surface area contributed by atoms with Gasteiger partial charge in [0, 0.05) is 31.0 Å². The van der Waals surface area contributed by atoms with Gasteiger partial charge in [-0.15, -0.1) is 0 Å². The number of aryl methyl sites for hydroxylation is 2. The second-order valence-corrected chi connectivity index (χ2v) is 8.66. The molecule has 8 heteroatoms. The lowest BCUT2D eigenvalue weighted by Crippen LogP contribution is -2.44. The van der Waals surface area contributed by atoms with E-state index < -0.39 is 6.09 Å². The molecule has 0 spiro atoms. The van der Waals surface area contributed by atoms with Crippen LogP contribution < -0.4 is 10.6 Å². The van der Waals surface area contributed by atoms with Gasteiger partial charge in [-0.1, -0.05) is 24.3 Å². The van der Waals surface area contributed by atoms with Crippen molar-refractivity contribution in [2.75, 3.05) is 25.0 Å². The van der Waals surface area contributed by atoms with Crippen LogP contribution in [0.1, 0.15) is 40.9 Å². The molecule has 1 aromatic carbocycles. The molecule has 1 saturated heterocycles. The summed E-state index contributed by atoms with van der Waals surface area (Å²) < 4.78 is 5.50. The molecule has 3 heterocycles. The highest BCUT2D eigenvalue weighted by Gasteiger charge is 2.24. The van der Waals surface area contributed by atoms with E-state index in [2.05, 4.69) is 20.5 Å². The highest BCUT2D eigenvalue weighted by molar-refractivity contribution is 5.97. The summed E-state index contributed by atoms with van der Waals surface area (Å²) in [5.74, 6) is 0.0933. The Balaban J connectivity index is 1.24. The van der Waals surface area contributed by atoms with Crippen LogP contribution in [0.25, 0.3) is 11.3 Å². The van der Waals surface area contributed by atoms with Crippen LogP contribution in [0.15, 0.2) is 59.3 Å². The number of carbonyl (C=O) groups is 2. The van der Waals surface area contributed by atoms with Crippen LogP contribution in [0.3, 0.4) is 0 Å². The first-order valence-electron chi connectivity index (χ1n) is 11.6. The maximum atomic E-state index is 12.9. The minimum absolute atomic E-state index is 0.105. The quantitative estimate of drug-likeness (QED) is 0.453. The number of para-hydroxylation sites is 1. The van der Waals surface area contributed by atoms with Crippen LogP contribution in [-0.4, -0.2) is 52.7 Å². The van der Waals surface area contributed by atoms with Gasteiger partial charge in [0.2, 0.25) is 5.76 Å². The number of benzene rings is 1. The smallest absolute Gasteiger partial charge is 0.409 e. The molecule has 0 unspecified atom stereocenters. The maximum absolute atomic E-state index is 12.9. The first kappa shape index (κ1) is 23.5. The minimum atomic E-state index is -1.05. The van der Waals surface area contributed by atoms with Crippen molar-refractivity contribution in [1.29, 1.82) is 0 Å². The summed E-state index contributed by atoms with van der Waals surface area (Å²) in [5.41, 5.74) is 4.14. The van der Waals surface area contributed by atoms with Crippen LogP contribution in [0, 0.1) is 6.92 Å². The summed E-state index contributed by atoms with van der Waals surface area (Å²) in [7, 11) is 0. The number of anilines is 1. The van der Waals surface area contributed by atoms with Crippen molar-refractivity contribution in [3.8, 4) is 11.3 Å². The van der Waals surface area contributed by atoms with E-state index >= 15 is 0 Å². The van der Waals surface area contributed by atoms with Gasteiger partial charge in [-0.2, -0.15) is 0 Å². The van der Waals surface area contributed by atoms with Crippen molar-refractivity contribution in [3.05, 3.63) is 71.8 Å². The molecule has 0 atom stereocenters. The molecule has 0 saturated carbocycles. The van der Waals surface area contributed by atoms with E-state index in [9.17, 15) is 9.59 Å². The highest BCUT2D eigenvalue weighted by atomic mass is 16.4. The molecule has 1 fully saturated rings. The number of pyridine rings is 1. The molecule has 34 heavy (non-hydrogen) atoms. The third kappa shape index (κ3) is 6.02. The Labute approximate surface area is 199 Å². The molecule has 0 bridgehead atoms. The number of carboxylic acid groups (broad SMARTS) is 1. The number of hydrogen-bond acceptors (Lipinski definition) is 5. The Hall–Kier alpha value is -3.65. The van der Waals surface area contributed by atoms with E-state index in [1.54, 1.807) is 18.3 Å². The Bertz CT molecular complexity index is 1120. The minimum Gasteiger partial charge on any atom is -0.465 e. The third-order valence-corrected chi connectivity index (χ3v) is 6.16. The number of nitrogens with zero attached hydrogens (tertiary/aromatic N) is 2. The number of likely N-dealkylation sites (tertiary alicyclic amines) is 1. The number of nitrogens with one attached hydrogen (secondary N) is 2. The van der Waals surface area contributed by atoms with Gasteiger partial charge >= 0.3 is 6.09 Å². The van der Waals surface area contributed by atoms with Gasteiger partial charge in [0.05, 0.1) is 17.5 Å². The predicted molar refractivity (Wildman–Crippen MR) is 130 cm³/mol. The summed E-state index contributed by atoms with van der Waals surface area (Å²) >= 11 is 0. The largest absolute Gasteiger partial charge is 0.465 e. The summed E-state index contributed by atoms with van der Waals surface area (Å²) in [5, 5.41) is 14.6. The summed E-state index contributed by atoms with van der Waals surface area (Å²) in [4.78, 5) is 30.6. The lowest BCUT2D eigenvalue weighted by molar-refractivity contribution is 0.0883. The van der Waals surface area contributed by atoms with E-state index in [0.717, 1.165) is 62.1 Å². The third-order valence-electron chi connectivity index (χ3n) is 6.16. The molecule has 1 aliphatic rings.